The normalized spacial score (nSPS) is 11.6. The summed E-state index contributed by atoms with van der Waals surface area (Å²) in [6.45, 7) is 0.147. The lowest BCUT2D eigenvalue weighted by Crippen LogP contribution is -2.08. The Morgan fingerprint density at radius 2 is 1.88 bits per heavy atom. The maximum absolute atomic E-state index is 13.0. The summed E-state index contributed by atoms with van der Waals surface area (Å²) >= 11 is 0. The van der Waals surface area contributed by atoms with E-state index in [1.54, 1.807) is 18.6 Å². The minimum atomic E-state index is -4.40. The highest BCUT2D eigenvalue weighted by molar-refractivity contribution is 5.84. The second-order valence-corrected chi connectivity index (χ2v) is 7.19. The second-order valence-electron chi connectivity index (χ2n) is 7.19. The van der Waals surface area contributed by atoms with E-state index >= 15 is 0 Å². The zero-order valence-electron chi connectivity index (χ0n) is 17.0. The van der Waals surface area contributed by atoms with E-state index in [1.165, 1.54) is 12.4 Å². The molecule has 0 aliphatic heterocycles. The molecule has 0 radical (unpaired) electrons. The number of anilines is 3. The largest absolute Gasteiger partial charge is 0.416 e. The first kappa shape index (κ1) is 20.5. The van der Waals surface area contributed by atoms with E-state index in [4.69, 9.17) is 0 Å². The molecule has 8 nitrogen and oxygen atoms in total. The molecule has 3 aromatic heterocycles. The van der Waals surface area contributed by atoms with E-state index in [0.29, 0.717) is 28.5 Å². The number of aromatic amines is 1. The van der Waals surface area contributed by atoms with Crippen LogP contribution in [0.3, 0.4) is 0 Å². The number of nitrogens with one attached hydrogen (secondary N) is 3. The van der Waals surface area contributed by atoms with Gasteiger partial charge in [-0.25, -0.2) is 9.97 Å². The minimum absolute atomic E-state index is 0.147. The number of rotatable bonds is 6. The van der Waals surface area contributed by atoms with Crippen molar-refractivity contribution in [1.82, 2.24) is 29.5 Å². The Hall–Kier alpha value is -4.41. The summed E-state index contributed by atoms with van der Waals surface area (Å²) in [4.78, 5) is 20.1. The summed E-state index contributed by atoms with van der Waals surface area (Å²) in [7, 11) is 0. The number of alkyl halides is 3. The van der Waals surface area contributed by atoms with E-state index < -0.39 is 11.7 Å². The topological polar surface area (TPSA) is 96.3 Å². The van der Waals surface area contributed by atoms with Crippen molar-refractivity contribution in [2.45, 2.75) is 12.7 Å². The molecular formula is C22H17F3N8. The van der Waals surface area contributed by atoms with Crippen molar-refractivity contribution in [2.75, 3.05) is 10.6 Å². The summed E-state index contributed by atoms with van der Waals surface area (Å²) in [5, 5.41) is 6.22. The highest BCUT2D eigenvalue weighted by Crippen LogP contribution is 2.30. The summed E-state index contributed by atoms with van der Waals surface area (Å²) in [6, 6.07) is 12.8. The van der Waals surface area contributed by atoms with E-state index in [1.807, 2.05) is 35.0 Å². The summed E-state index contributed by atoms with van der Waals surface area (Å²) in [6.07, 6.45) is 2.34. The Morgan fingerprint density at radius 3 is 2.64 bits per heavy atom. The summed E-state index contributed by atoms with van der Waals surface area (Å²) in [5.41, 5.74) is 2.47. The number of benzene rings is 2. The van der Waals surface area contributed by atoms with Gasteiger partial charge in [-0.2, -0.15) is 23.1 Å². The van der Waals surface area contributed by atoms with Gasteiger partial charge in [-0.3, -0.25) is 0 Å². The highest BCUT2D eigenvalue weighted by Gasteiger charge is 2.30. The zero-order valence-corrected chi connectivity index (χ0v) is 17.0. The highest BCUT2D eigenvalue weighted by atomic mass is 19.4. The van der Waals surface area contributed by atoms with E-state index in [0.717, 1.165) is 23.5 Å². The lowest BCUT2D eigenvalue weighted by molar-refractivity contribution is -0.137. The zero-order chi connectivity index (χ0) is 22.8. The molecule has 0 saturated carbocycles. The number of nitrogens with zero attached hydrogens (tertiary/aromatic N) is 5. The molecule has 0 unspecified atom stereocenters. The fourth-order valence-electron chi connectivity index (χ4n) is 3.32. The summed E-state index contributed by atoms with van der Waals surface area (Å²) in [5.74, 6) is 0.726. The number of hydrogen-bond donors (Lipinski definition) is 3. The van der Waals surface area contributed by atoms with Crippen LogP contribution >= 0.6 is 0 Å². The van der Waals surface area contributed by atoms with Crippen molar-refractivity contribution < 1.29 is 13.2 Å². The molecule has 0 atom stereocenters. The first-order valence-corrected chi connectivity index (χ1v) is 9.92. The Morgan fingerprint density at radius 1 is 1.03 bits per heavy atom. The van der Waals surface area contributed by atoms with Gasteiger partial charge in [-0.05, 0) is 42.0 Å². The van der Waals surface area contributed by atoms with Crippen molar-refractivity contribution in [3.05, 3.63) is 84.7 Å². The van der Waals surface area contributed by atoms with Crippen LogP contribution in [0.5, 0.6) is 0 Å². The molecule has 0 aliphatic rings. The average Bonchev–Trinajstić information content (AvgIpc) is 3.50. The fourth-order valence-corrected chi connectivity index (χ4v) is 3.32. The molecule has 2 aromatic carbocycles. The van der Waals surface area contributed by atoms with Gasteiger partial charge in [0.25, 0.3) is 0 Å². The number of fused-ring (bicyclic) bond motifs is 1. The monoisotopic (exact) mass is 450 g/mol. The van der Waals surface area contributed by atoms with Crippen LogP contribution in [-0.2, 0) is 12.7 Å². The van der Waals surface area contributed by atoms with Gasteiger partial charge in [-0.1, -0.05) is 12.1 Å². The minimum Gasteiger partial charge on any atom is -0.364 e. The molecule has 3 heterocycles. The number of hydrogen-bond acceptors (Lipinski definition) is 6. The number of imidazole rings is 2. The van der Waals surface area contributed by atoms with Gasteiger partial charge in [-0.15, -0.1) is 0 Å². The molecule has 11 heteroatoms. The van der Waals surface area contributed by atoms with Crippen molar-refractivity contribution in [3.63, 3.8) is 0 Å². The van der Waals surface area contributed by atoms with Crippen LogP contribution in [0.15, 0.2) is 73.6 Å². The Labute approximate surface area is 185 Å². The molecular weight excluding hydrogens is 433 g/mol. The van der Waals surface area contributed by atoms with Crippen LogP contribution in [0.4, 0.5) is 30.6 Å². The Kier molecular flexibility index (Phi) is 5.13. The lowest BCUT2D eigenvalue weighted by Gasteiger charge is -2.12. The average molecular weight is 450 g/mol. The molecule has 5 aromatic rings. The molecule has 0 amide bonds. The Bertz CT molecular complexity index is 1380. The summed E-state index contributed by atoms with van der Waals surface area (Å²) < 4.78 is 40.9. The van der Waals surface area contributed by atoms with Gasteiger partial charge in [0.15, 0.2) is 11.5 Å². The van der Waals surface area contributed by atoms with Crippen molar-refractivity contribution in [2.24, 2.45) is 0 Å². The van der Waals surface area contributed by atoms with Gasteiger partial charge < -0.3 is 20.2 Å². The van der Waals surface area contributed by atoms with Crippen LogP contribution in [0.1, 0.15) is 11.1 Å². The third-order valence-electron chi connectivity index (χ3n) is 4.93. The van der Waals surface area contributed by atoms with Crippen LogP contribution in [-0.4, -0.2) is 29.5 Å². The van der Waals surface area contributed by atoms with Crippen molar-refractivity contribution >= 4 is 28.6 Å². The Balaban J connectivity index is 1.36. The van der Waals surface area contributed by atoms with Crippen LogP contribution < -0.4 is 10.6 Å². The first-order chi connectivity index (χ1) is 16.0. The SMILES string of the molecule is FC(F)(F)c1cccc(CNc2nc(Nc3ccc(-n4ccnc4)cc3)nc3nc[nH]c23)c1. The number of aromatic nitrogens is 6. The maximum atomic E-state index is 13.0. The molecule has 3 N–H and O–H groups in total. The van der Waals surface area contributed by atoms with Gasteiger partial charge in [0.05, 0.1) is 18.2 Å². The molecule has 0 fully saturated rings. The fraction of sp³-hybridized carbons (Fsp3) is 0.0909. The molecule has 33 heavy (non-hydrogen) atoms. The van der Waals surface area contributed by atoms with Gasteiger partial charge >= 0.3 is 6.18 Å². The maximum Gasteiger partial charge on any atom is 0.416 e. The second kappa shape index (κ2) is 8.26. The lowest BCUT2D eigenvalue weighted by atomic mass is 10.1. The van der Waals surface area contributed by atoms with Gasteiger partial charge in [0.2, 0.25) is 5.95 Å². The standard InChI is InChI=1S/C22H17F3N8/c23-22(24,25)15-3-1-2-14(10-15)11-27-19-18-20(29-12-28-18)32-21(31-19)30-16-4-6-17(7-5-16)33-9-8-26-13-33/h1-10,12-13H,11H2,(H3,27,28,29,30,31,32). The quantitative estimate of drug-likeness (QED) is 0.340. The van der Waals surface area contributed by atoms with E-state index in [-0.39, 0.29) is 6.54 Å². The smallest absolute Gasteiger partial charge is 0.364 e. The van der Waals surface area contributed by atoms with Crippen molar-refractivity contribution in [1.29, 1.82) is 0 Å². The first-order valence-electron chi connectivity index (χ1n) is 9.92. The van der Waals surface area contributed by atoms with Gasteiger partial charge in [0, 0.05) is 30.3 Å². The third-order valence-corrected chi connectivity index (χ3v) is 4.93. The number of H-pyrrole nitrogens is 1. The number of halogens is 3. The predicted octanol–water partition coefficient (Wildman–Crippen LogP) is 4.91. The molecule has 166 valence electrons. The van der Waals surface area contributed by atoms with E-state index in [2.05, 4.69) is 35.6 Å². The molecule has 5 rings (SSSR count). The third kappa shape index (κ3) is 4.47. The van der Waals surface area contributed by atoms with Crippen molar-refractivity contribution in [3.8, 4) is 5.69 Å². The van der Waals surface area contributed by atoms with Gasteiger partial charge in [0.1, 0.15) is 5.52 Å². The van der Waals surface area contributed by atoms with Crippen LogP contribution in [0.25, 0.3) is 16.9 Å². The predicted molar refractivity (Wildman–Crippen MR) is 117 cm³/mol. The molecule has 0 spiro atoms. The van der Waals surface area contributed by atoms with Crippen LogP contribution in [0, 0.1) is 0 Å². The molecule has 0 bridgehead atoms. The molecule has 0 saturated heterocycles. The van der Waals surface area contributed by atoms with Crippen LogP contribution in [0.2, 0.25) is 0 Å². The molecule has 0 aliphatic carbocycles. The van der Waals surface area contributed by atoms with E-state index in [9.17, 15) is 13.2 Å².